The Hall–Kier alpha value is -1.69. The van der Waals surface area contributed by atoms with Crippen LogP contribution in [0.1, 0.15) is 45.8 Å². The molecule has 2 aromatic heterocycles. The predicted octanol–water partition coefficient (Wildman–Crippen LogP) is 2.66. The molecule has 0 fully saturated rings. The molecule has 0 radical (unpaired) electrons. The molecular weight excluding hydrogens is 284 g/mol. The first-order valence-corrected chi connectivity index (χ1v) is 8.46. The lowest BCUT2D eigenvalue weighted by molar-refractivity contribution is 0.0984. The third-order valence-electron chi connectivity index (χ3n) is 4.29. The zero-order chi connectivity index (χ0) is 14.2. The minimum Gasteiger partial charge on any atom is -0.276 e. The first kappa shape index (κ1) is 13.0. The molecule has 0 N–H and O–H groups in total. The maximum absolute atomic E-state index is 12.8. The van der Waals surface area contributed by atoms with Crippen molar-refractivity contribution in [2.24, 2.45) is 0 Å². The van der Waals surface area contributed by atoms with Crippen LogP contribution in [0, 0.1) is 0 Å². The summed E-state index contributed by atoms with van der Waals surface area (Å²) in [4.78, 5) is 21.1. The molecular formula is C15H18N4OS. The number of fused-ring (bicyclic) bond motifs is 2. The van der Waals surface area contributed by atoms with Gasteiger partial charge in [0.15, 0.2) is 0 Å². The van der Waals surface area contributed by atoms with Gasteiger partial charge in [0.2, 0.25) is 5.95 Å². The highest BCUT2D eigenvalue weighted by atomic mass is 32.1. The number of thiophene rings is 1. The summed E-state index contributed by atoms with van der Waals surface area (Å²) in [6.45, 7) is 1.58. The quantitative estimate of drug-likeness (QED) is 0.761. The molecule has 2 aliphatic rings. The summed E-state index contributed by atoms with van der Waals surface area (Å²) in [5.74, 6) is 0.775. The Morgan fingerprint density at radius 2 is 2.05 bits per heavy atom. The Balaban J connectivity index is 1.64. The van der Waals surface area contributed by atoms with Crippen molar-refractivity contribution in [1.82, 2.24) is 14.8 Å². The maximum atomic E-state index is 12.8. The highest BCUT2D eigenvalue weighted by Gasteiger charge is 2.27. The molecule has 1 amide bonds. The molecule has 0 aromatic carbocycles. The number of carbonyl (C=O) groups is 1. The highest BCUT2D eigenvalue weighted by molar-refractivity contribution is 7.14. The fourth-order valence-electron chi connectivity index (χ4n) is 3.20. The molecule has 0 saturated heterocycles. The van der Waals surface area contributed by atoms with E-state index >= 15 is 0 Å². The Morgan fingerprint density at radius 1 is 1.14 bits per heavy atom. The van der Waals surface area contributed by atoms with Crippen molar-refractivity contribution in [3.05, 3.63) is 27.7 Å². The number of hydrogen-bond donors (Lipinski definition) is 0. The molecule has 0 bridgehead atoms. The van der Waals surface area contributed by atoms with Crippen molar-refractivity contribution in [2.45, 2.75) is 45.1 Å². The van der Waals surface area contributed by atoms with Crippen molar-refractivity contribution in [1.29, 1.82) is 0 Å². The number of nitrogens with zero attached hydrogens (tertiary/aromatic N) is 4. The van der Waals surface area contributed by atoms with Crippen LogP contribution in [-0.4, -0.2) is 27.2 Å². The lowest BCUT2D eigenvalue weighted by atomic mass is 10.1. The minimum absolute atomic E-state index is 0.0852. The number of aromatic nitrogens is 3. The topological polar surface area (TPSA) is 51.0 Å². The number of rotatable bonds is 1. The van der Waals surface area contributed by atoms with E-state index < -0.39 is 0 Å². The van der Waals surface area contributed by atoms with Gasteiger partial charge in [0, 0.05) is 18.0 Å². The van der Waals surface area contributed by atoms with Crippen LogP contribution in [-0.2, 0) is 19.4 Å². The number of amides is 1. The third kappa shape index (κ3) is 2.27. The molecule has 3 heterocycles. The van der Waals surface area contributed by atoms with Gasteiger partial charge in [-0.3, -0.25) is 9.69 Å². The van der Waals surface area contributed by atoms with Crippen LogP contribution in [0.3, 0.4) is 0 Å². The summed E-state index contributed by atoms with van der Waals surface area (Å²) in [6.07, 6.45) is 8.52. The standard InChI is InChI=1S/C15H18N4OS/c20-14(18-7-4-8-19-15(18)16-10-17-19)13-9-11-5-2-1-3-6-12(11)21-13/h9-10H,1-8H2. The minimum atomic E-state index is 0.0852. The Bertz CT molecular complexity index is 652. The highest BCUT2D eigenvalue weighted by Crippen LogP contribution is 2.31. The summed E-state index contributed by atoms with van der Waals surface area (Å²) in [5, 5.41) is 4.18. The second-order valence-electron chi connectivity index (χ2n) is 5.71. The van der Waals surface area contributed by atoms with E-state index in [0.717, 1.165) is 37.2 Å². The molecule has 1 aliphatic carbocycles. The number of aryl methyl sites for hydroxylation is 3. The van der Waals surface area contributed by atoms with Crippen LogP contribution in [0.25, 0.3) is 0 Å². The van der Waals surface area contributed by atoms with Gasteiger partial charge < -0.3 is 0 Å². The van der Waals surface area contributed by atoms with E-state index in [2.05, 4.69) is 16.1 Å². The fourth-order valence-corrected chi connectivity index (χ4v) is 4.40. The summed E-state index contributed by atoms with van der Waals surface area (Å²) >= 11 is 1.68. The number of carbonyl (C=O) groups excluding carboxylic acids is 1. The van der Waals surface area contributed by atoms with Crippen LogP contribution in [0.5, 0.6) is 0 Å². The van der Waals surface area contributed by atoms with Gasteiger partial charge in [-0.05, 0) is 43.7 Å². The SMILES string of the molecule is O=C(c1cc2c(s1)CCCCC2)N1CCCn2ncnc21. The normalized spacial score (nSPS) is 18.0. The molecule has 0 spiro atoms. The van der Waals surface area contributed by atoms with E-state index in [9.17, 15) is 4.79 Å². The smallest absolute Gasteiger partial charge is 0.270 e. The van der Waals surface area contributed by atoms with Crippen LogP contribution < -0.4 is 4.90 Å². The van der Waals surface area contributed by atoms with Gasteiger partial charge in [0.05, 0.1) is 4.88 Å². The van der Waals surface area contributed by atoms with Crippen LogP contribution >= 0.6 is 11.3 Å². The Kier molecular flexibility index (Phi) is 3.25. The van der Waals surface area contributed by atoms with E-state index in [0.29, 0.717) is 5.95 Å². The van der Waals surface area contributed by atoms with Gasteiger partial charge in [0.1, 0.15) is 6.33 Å². The van der Waals surface area contributed by atoms with Gasteiger partial charge in [0.25, 0.3) is 5.91 Å². The summed E-state index contributed by atoms with van der Waals surface area (Å²) in [7, 11) is 0. The van der Waals surface area contributed by atoms with Gasteiger partial charge in [-0.1, -0.05) is 6.42 Å². The first-order chi connectivity index (χ1) is 10.3. The van der Waals surface area contributed by atoms with Gasteiger partial charge >= 0.3 is 0 Å². The molecule has 0 unspecified atom stereocenters. The van der Waals surface area contributed by atoms with Crippen molar-refractivity contribution in [3.8, 4) is 0 Å². The molecule has 21 heavy (non-hydrogen) atoms. The molecule has 5 nitrogen and oxygen atoms in total. The largest absolute Gasteiger partial charge is 0.276 e. The maximum Gasteiger partial charge on any atom is 0.270 e. The van der Waals surface area contributed by atoms with Crippen molar-refractivity contribution < 1.29 is 4.79 Å². The summed E-state index contributed by atoms with van der Waals surface area (Å²) < 4.78 is 1.82. The van der Waals surface area contributed by atoms with E-state index in [1.54, 1.807) is 16.2 Å². The molecule has 4 rings (SSSR count). The van der Waals surface area contributed by atoms with Crippen LogP contribution in [0.4, 0.5) is 5.95 Å². The molecule has 0 saturated carbocycles. The zero-order valence-corrected chi connectivity index (χ0v) is 12.7. The average molecular weight is 302 g/mol. The molecule has 110 valence electrons. The van der Waals surface area contributed by atoms with E-state index in [1.807, 2.05) is 4.68 Å². The molecule has 0 atom stereocenters. The van der Waals surface area contributed by atoms with Gasteiger partial charge in [-0.2, -0.15) is 10.1 Å². The molecule has 6 heteroatoms. The lowest BCUT2D eigenvalue weighted by Gasteiger charge is -2.25. The Labute approximate surface area is 127 Å². The van der Waals surface area contributed by atoms with E-state index in [-0.39, 0.29) is 5.91 Å². The molecule has 2 aromatic rings. The predicted molar refractivity (Wildman–Crippen MR) is 81.9 cm³/mol. The van der Waals surface area contributed by atoms with Gasteiger partial charge in [-0.15, -0.1) is 11.3 Å². The molecule has 1 aliphatic heterocycles. The summed E-state index contributed by atoms with van der Waals surface area (Å²) in [5.41, 5.74) is 1.39. The zero-order valence-electron chi connectivity index (χ0n) is 11.9. The first-order valence-electron chi connectivity index (χ1n) is 7.64. The van der Waals surface area contributed by atoms with Crippen LogP contribution in [0.15, 0.2) is 12.4 Å². The fraction of sp³-hybridized carbons (Fsp3) is 0.533. The van der Waals surface area contributed by atoms with Crippen LogP contribution in [0.2, 0.25) is 0 Å². The Morgan fingerprint density at radius 3 is 3.00 bits per heavy atom. The van der Waals surface area contributed by atoms with E-state index in [4.69, 9.17) is 0 Å². The average Bonchev–Trinajstić information content (AvgIpc) is 3.08. The number of anilines is 1. The number of hydrogen-bond acceptors (Lipinski definition) is 4. The van der Waals surface area contributed by atoms with Crippen molar-refractivity contribution >= 4 is 23.2 Å². The van der Waals surface area contributed by atoms with E-state index in [1.165, 1.54) is 36.0 Å². The van der Waals surface area contributed by atoms with Crippen molar-refractivity contribution in [3.63, 3.8) is 0 Å². The summed E-state index contributed by atoms with van der Waals surface area (Å²) in [6, 6.07) is 2.11. The third-order valence-corrected chi connectivity index (χ3v) is 5.52. The van der Waals surface area contributed by atoms with Gasteiger partial charge in [-0.25, -0.2) is 4.68 Å². The monoisotopic (exact) mass is 302 g/mol. The lowest BCUT2D eigenvalue weighted by Crippen LogP contribution is -2.37. The second kappa shape index (κ2) is 5.26. The second-order valence-corrected chi connectivity index (χ2v) is 6.85. The van der Waals surface area contributed by atoms with Crippen molar-refractivity contribution in [2.75, 3.05) is 11.4 Å².